The predicted molar refractivity (Wildman–Crippen MR) is 107 cm³/mol. The Hall–Kier alpha value is -2.45. The summed E-state index contributed by atoms with van der Waals surface area (Å²) in [6, 6.07) is 15.4. The number of aliphatic hydroxyl groups excluding tert-OH is 1. The van der Waals surface area contributed by atoms with Gasteiger partial charge in [0.05, 0.1) is 6.04 Å². The molecule has 0 unspecified atom stereocenters. The number of ether oxygens (including phenoxy) is 2. The molecule has 7 nitrogen and oxygen atoms in total. The van der Waals surface area contributed by atoms with Gasteiger partial charge in [-0.15, -0.1) is 0 Å². The molecule has 0 radical (unpaired) electrons. The Balaban J connectivity index is 1.82. The molecule has 8 heteroatoms. The summed E-state index contributed by atoms with van der Waals surface area (Å²) in [5, 5.41) is 13.5. The van der Waals surface area contributed by atoms with Crippen molar-refractivity contribution in [2.45, 2.75) is 31.3 Å². The number of carbonyl (C=O) groups is 2. The third kappa shape index (κ3) is 4.28. The minimum Gasteiger partial charge on any atom is -0.438 e. The summed E-state index contributed by atoms with van der Waals surface area (Å²) in [5.41, 5.74) is 1.27. The Bertz CT molecular complexity index is 861. The predicted octanol–water partition coefficient (Wildman–Crippen LogP) is 3.34. The quantitative estimate of drug-likeness (QED) is 0.802. The molecule has 29 heavy (non-hydrogen) atoms. The van der Waals surface area contributed by atoms with E-state index in [1.54, 1.807) is 31.3 Å². The van der Waals surface area contributed by atoms with Crippen molar-refractivity contribution in [2.24, 2.45) is 0 Å². The second-order valence-corrected chi connectivity index (χ2v) is 7.27. The molecule has 2 amide bonds. The van der Waals surface area contributed by atoms with E-state index in [2.05, 4.69) is 0 Å². The van der Waals surface area contributed by atoms with E-state index in [0.29, 0.717) is 10.6 Å². The van der Waals surface area contributed by atoms with Gasteiger partial charge >= 0.3 is 6.09 Å². The highest BCUT2D eigenvalue weighted by molar-refractivity contribution is 6.30. The second-order valence-electron chi connectivity index (χ2n) is 6.83. The highest BCUT2D eigenvalue weighted by Crippen LogP contribution is 2.32. The third-order valence-electron chi connectivity index (χ3n) is 5.08. The topological polar surface area (TPSA) is 79.3 Å². The Labute approximate surface area is 174 Å². The van der Waals surface area contributed by atoms with Gasteiger partial charge in [-0.25, -0.2) is 9.80 Å². The molecule has 1 heterocycles. The summed E-state index contributed by atoms with van der Waals surface area (Å²) in [4.78, 5) is 25.8. The molecule has 0 aliphatic carbocycles. The van der Waals surface area contributed by atoms with E-state index in [9.17, 15) is 14.7 Å². The minimum absolute atomic E-state index is 0.316. The molecule has 1 saturated heterocycles. The first-order chi connectivity index (χ1) is 13.8. The lowest BCUT2D eigenvalue weighted by Gasteiger charge is -2.43. The number of nitrogens with zero attached hydrogens (tertiary/aromatic N) is 2. The number of likely N-dealkylation sites (N-methyl/N-ethyl adjacent to an activating group) is 1. The first-order valence-corrected chi connectivity index (χ1v) is 9.51. The number of aliphatic hydroxyl groups is 1. The van der Waals surface area contributed by atoms with Gasteiger partial charge < -0.3 is 14.6 Å². The van der Waals surface area contributed by atoms with Gasteiger partial charge in [0.2, 0.25) is 0 Å². The first kappa shape index (κ1) is 21.3. The van der Waals surface area contributed by atoms with Crippen LogP contribution in [0.1, 0.15) is 30.3 Å². The molecule has 0 spiro atoms. The molecule has 0 bridgehead atoms. The zero-order chi connectivity index (χ0) is 21.1. The summed E-state index contributed by atoms with van der Waals surface area (Å²) in [5.74, 6) is -0.721. The first-order valence-electron chi connectivity index (χ1n) is 9.13. The fourth-order valence-corrected chi connectivity index (χ4v) is 3.44. The molecule has 1 aliphatic heterocycles. The van der Waals surface area contributed by atoms with Crippen molar-refractivity contribution in [2.75, 3.05) is 14.2 Å². The van der Waals surface area contributed by atoms with Crippen LogP contribution in [0.5, 0.6) is 0 Å². The van der Waals surface area contributed by atoms with Gasteiger partial charge in [-0.2, -0.15) is 5.01 Å². The van der Waals surface area contributed by atoms with Crippen LogP contribution in [-0.4, -0.2) is 53.4 Å². The Morgan fingerprint density at radius 1 is 1.17 bits per heavy atom. The molecule has 1 N–H and O–H groups in total. The molecular weight excluding hydrogens is 396 g/mol. The van der Waals surface area contributed by atoms with Crippen LogP contribution in [0.3, 0.4) is 0 Å². The molecule has 1 aliphatic rings. The Morgan fingerprint density at radius 3 is 2.38 bits per heavy atom. The van der Waals surface area contributed by atoms with E-state index in [0.717, 1.165) is 10.6 Å². The van der Waals surface area contributed by atoms with Crippen molar-refractivity contribution >= 4 is 23.6 Å². The van der Waals surface area contributed by atoms with E-state index in [1.807, 2.05) is 37.3 Å². The van der Waals surface area contributed by atoms with Crippen LogP contribution in [0.25, 0.3) is 0 Å². The van der Waals surface area contributed by atoms with Crippen LogP contribution in [0, 0.1) is 0 Å². The Kier molecular flexibility index (Phi) is 6.54. The summed E-state index contributed by atoms with van der Waals surface area (Å²) >= 11 is 5.88. The molecule has 3 rings (SSSR count). The number of imide groups is 1. The average molecular weight is 419 g/mol. The maximum atomic E-state index is 13.1. The zero-order valence-electron chi connectivity index (χ0n) is 16.4. The van der Waals surface area contributed by atoms with E-state index >= 15 is 0 Å². The van der Waals surface area contributed by atoms with Crippen molar-refractivity contribution in [1.82, 2.24) is 10.0 Å². The van der Waals surface area contributed by atoms with E-state index < -0.39 is 30.3 Å². The lowest BCUT2D eigenvalue weighted by Crippen LogP contribution is -2.61. The number of halogens is 1. The van der Waals surface area contributed by atoms with E-state index in [-0.39, 0.29) is 6.04 Å². The zero-order valence-corrected chi connectivity index (χ0v) is 17.1. The number of amides is 2. The van der Waals surface area contributed by atoms with Crippen LogP contribution in [0.15, 0.2) is 54.6 Å². The molecular formula is C21H23ClN2O5. The number of carbonyl (C=O) groups excluding carboxylic acids is 2. The van der Waals surface area contributed by atoms with Crippen LogP contribution in [0.4, 0.5) is 4.79 Å². The van der Waals surface area contributed by atoms with Gasteiger partial charge in [0, 0.05) is 19.2 Å². The SMILES string of the molecule is CO[C@H](C(=O)N1C(=O)O[C@H](c2ccccc2)[C@H](C)N1C)[C@H](O)c1ccc(Cl)cc1. The molecule has 1 fully saturated rings. The smallest absolute Gasteiger partial charge is 0.432 e. The number of benzene rings is 2. The number of methoxy groups -OCH3 is 1. The van der Waals surface area contributed by atoms with Crippen molar-refractivity contribution in [3.63, 3.8) is 0 Å². The average Bonchev–Trinajstić information content (AvgIpc) is 2.72. The fraction of sp³-hybridized carbons (Fsp3) is 0.333. The minimum atomic E-state index is -1.30. The summed E-state index contributed by atoms with van der Waals surface area (Å²) < 4.78 is 10.8. The van der Waals surface area contributed by atoms with Crippen molar-refractivity contribution in [1.29, 1.82) is 0 Å². The second kappa shape index (κ2) is 8.92. The molecule has 2 aromatic rings. The van der Waals surface area contributed by atoms with Gasteiger partial charge in [-0.1, -0.05) is 54.1 Å². The van der Waals surface area contributed by atoms with Crippen molar-refractivity contribution < 1.29 is 24.2 Å². The van der Waals surface area contributed by atoms with Crippen molar-refractivity contribution in [3.8, 4) is 0 Å². The maximum Gasteiger partial charge on any atom is 0.432 e. The van der Waals surface area contributed by atoms with Crippen LogP contribution in [-0.2, 0) is 14.3 Å². The molecule has 2 aromatic carbocycles. The van der Waals surface area contributed by atoms with E-state index in [1.165, 1.54) is 12.1 Å². The van der Waals surface area contributed by atoms with Gasteiger partial charge in [-0.05, 0) is 30.2 Å². The number of rotatable bonds is 5. The number of hydrogen-bond acceptors (Lipinski definition) is 6. The normalized spacial score (nSPS) is 22.1. The summed E-state index contributed by atoms with van der Waals surface area (Å²) in [6.45, 7) is 1.85. The fourth-order valence-electron chi connectivity index (χ4n) is 3.32. The van der Waals surface area contributed by atoms with Crippen molar-refractivity contribution in [3.05, 3.63) is 70.7 Å². The van der Waals surface area contributed by atoms with Crippen LogP contribution >= 0.6 is 11.6 Å². The van der Waals surface area contributed by atoms with Crippen LogP contribution in [0.2, 0.25) is 5.02 Å². The molecule has 0 saturated carbocycles. The largest absolute Gasteiger partial charge is 0.438 e. The van der Waals surface area contributed by atoms with E-state index in [4.69, 9.17) is 21.1 Å². The number of cyclic esters (lactones) is 1. The van der Waals surface area contributed by atoms with Gasteiger partial charge in [0.15, 0.2) is 6.10 Å². The third-order valence-corrected chi connectivity index (χ3v) is 5.33. The lowest BCUT2D eigenvalue weighted by atomic mass is 10.0. The molecule has 0 aromatic heterocycles. The highest BCUT2D eigenvalue weighted by Gasteiger charge is 2.45. The standard InChI is InChI=1S/C21H23ClN2O5/c1-13-18(15-7-5-4-6-8-15)29-21(27)24(23(13)2)20(26)19(28-3)17(25)14-9-11-16(22)12-10-14/h4-13,17-19,25H,1-3H3/t13-,17+,18-,19-/m0/s1. The van der Waals surface area contributed by atoms with Gasteiger partial charge in [0.25, 0.3) is 5.91 Å². The van der Waals surface area contributed by atoms with Gasteiger partial charge in [0.1, 0.15) is 12.2 Å². The summed E-state index contributed by atoms with van der Waals surface area (Å²) in [7, 11) is 2.92. The summed E-state index contributed by atoms with van der Waals surface area (Å²) in [6.07, 6.45) is -3.94. The Morgan fingerprint density at radius 2 is 1.79 bits per heavy atom. The molecule has 4 atom stereocenters. The number of hydrogen-bond donors (Lipinski definition) is 1. The number of hydrazine groups is 1. The lowest BCUT2D eigenvalue weighted by molar-refractivity contribution is -0.178. The van der Waals surface area contributed by atoms with Crippen LogP contribution < -0.4 is 0 Å². The van der Waals surface area contributed by atoms with Gasteiger partial charge in [-0.3, -0.25) is 4.79 Å². The monoisotopic (exact) mass is 418 g/mol. The molecule has 154 valence electrons. The maximum absolute atomic E-state index is 13.1. The highest BCUT2D eigenvalue weighted by atomic mass is 35.5.